The number of anilines is 2. The van der Waals surface area contributed by atoms with Crippen molar-refractivity contribution < 1.29 is 27.2 Å². The zero-order chi connectivity index (χ0) is 16.4. The van der Waals surface area contributed by atoms with Crippen LogP contribution in [0, 0.1) is 0 Å². The Labute approximate surface area is 131 Å². The molecule has 0 unspecified atom stereocenters. The molecule has 1 heterocycles. The molecule has 0 fully saturated rings. The van der Waals surface area contributed by atoms with Crippen LogP contribution in [0.1, 0.15) is 0 Å². The molecule has 8 nitrogen and oxygen atoms in total. The van der Waals surface area contributed by atoms with Crippen molar-refractivity contribution in [1.29, 1.82) is 0 Å². The normalized spacial score (nSPS) is 12.7. The van der Waals surface area contributed by atoms with E-state index in [-0.39, 0.29) is 11.7 Å². The van der Waals surface area contributed by atoms with Crippen molar-refractivity contribution in [1.82, 2.24) is 0 Å². The predicted octanol–water partition coefficient (Wildman–Crippen LogP) is 2.31. The fourth-order valence-electron chi connectivity index (χ4n) is 1.98. The molecule has 0 atom stereocenters. The molecular weight excluding hydrogens is 324 g/mol. The van der Waals surface area contributed by atoms with Gasteiger partial charge in [-0.05, 0) is 36.4 Å². The third-order valence-corrected chi connectivity index (χ3v) is 3.91. The average Bonchev–Trinajstić information content (AvgIpc) is 2.94. The summed E-state index contributed by atoms with van der Waals surface area (Å²) in [6, 6.07) is 9.56. The number of nitrogens with one attached hydrogen (secondary N) is 2. The van der Waals surface area contributed by atoms with Crippen molar-refractivity contribution in [3.63, 3.8) is 0 Å². The highest BCUT2D eigenvalue weighted by Crippen LogP contribution is 2.34. The molecule has 120 valence electrons. The monoisotopic (exact) mass is 336 g/mol. The highest BCUT2D eigenvalue weighted by Gasteiger charge is 2.14. The first-order valence-corrected chi connectivity index (χ1v) is 7.91. The van der Waals surface area contributed by atoms with Gasteiger partial charge in [0.25, 0.3) is 10.1 Å². The second-order valence-electron chi connectivity index (χ2n) is 4.65. The van der Waals surface area contributed by atoms with Gasteiger partial charge in [0.15, 0.2) is 11.5 Å². The molecular formula is C14H12N2O6S. The van der Waals surface area contributed by atoms with Crippen molar-refractivity contribution in [3.8, 4) is 11.5 Å². The number of hydrogen-bond acceptors (Lipinski definition) is 5. The topological polar surface area (TPSA) is 114 Å². The van der Waals surface area contributed by atoms with Crippen molar-refractivity contribution in [2.45, 2.75) is 4.90 Å². The Hall–Kier alpha value is -2.78. The van der Waals surface area contributed by atoms with Gasteiger partial charge in [-0.2, -0.15) is 8.42 Å². The number of urea groups is 1. The van der Waals surface area contributed by atoms with E-state index in [0.717, 1.165) is 0 Å². The Morgan fingerprint density at radius 2 is 1.57 bits per heavy atom. The molecule has 3 rings (SSSR count). The Kier molecular flexibility index (Phi) is 3.80. The lowest BCUT2D eigenvalue weighted by Gasteiger charge is -2.08. The Morgan fingerprint density at radius 1 is 0.957 bits per heavy atom. The molecule has 1 aliphatic heterocycles. The van der Waals surface area contributed by atoms with Gasteiger partial charge in [-0.15, -0.1) is 0 Å². The zero-order valence-corrected chi connectivity index (χ0v) is 12.5. The molecule has 0 aromatic heterocycles. The first kappa shape index (κ1) is 15.1. The smallest absolute Gasteiger partial charge is 0.323 e. The number of fused-ring (bicyclic) bond motifs is 1. The largest absolute Gasteiger partial charge is 0.454 e. The van der Waals surface area contributed by atoms with Crippen LogP contribution in [0.2, 0.25) is 0 Å². The molecule has 2 aromatic rings. The molecule has 0 radical (unpaired) electrons. The molecule has 2 aromatic carbocycles. The fraction of sp³-hybridized carbons (Fsp3) is 0.0714. The molecule has 0 bridgehead atoms. The lowest BCUT2D eigenvalue weighted by Crippen LogP contribution is -2.19. The summed E-state index contributed by atoms with van der Waals surface area (Å²) in [5, 5.41) is 5.15. The lowest BCUT2D eigenvalue weighted by molar-refractivity contribution is 0.174. The Balaban J connectivity index is 1.65. The van der Waals surface area contributed by atoms with E-state index in [1.165, 1.54) is 24.3 Å². The number of amides is 2. The van der Waals surface area contributed by atoms with E-state index in [9.17, 15) is 13.2 Å². The number of ether oxygens (including phenoxy) is 2. The average molecular weight is 336 g/mol. The van der Waals surface area contributed by atoms with Crippen molar-refractivity contribution in [3.05, 3.63) is 42.5 Å². The second kappa shape index (κ2) is 5.78. The van der Waals surface area contributed by atoms with E-state index >= 15 is 0 Å². The summed E-state index contributed by atoms with van der Waals surface area (Å²) in [7, 11) is -4.26. The van der Waals surface area contributed by atoms with Gasteiger partial charge in [-0.1, -0.05) is 0 Å². The number of hydrogen-bond donors (Lipinski definition) is 3. The summed E-state index contributed by atoms with van der Waals surface area (Å²) in [4.78, 5) is 11.7. The molecule has 0 spiro atoms. The van der Waals surface area contributed by atoms with Crippen molar-refractivity contribution >= 4 is 27.5 Å². The minimum Gasteiger partial charge on any atom is -0.454 e. The van der Waals surface area contributed by atoms with Gasteiger partial charge in [0.05, 0.1) is 4.90 Å². The van der Waals surface area contributed by atoms with E-state index < -0.39 is 16.1 Å². The molecule has 0 aliphatic carbocycles. The van der Waals surface area contributed by atoms with Crippen LogP contribution in [-0.2, 0) is 10.1 Å². The van der Waals surface area contributed by atoms with Crippen molar-refractivity contribution in [2.75, 3.05) is 17.4 Å². The van der Waals surface area contributed by atoms with Crippen LogP contribution in [0.15, 0.2) is 47.4 Å². The summed E-state index contributed by atoms with van der Waals surface area (Å²) in [6.45, 7) is 0.144. The molecule has 0 saturated heterocycles. The Bertz CT molecular complexity index is 848. The van der Waals surface area contributed by atoms with Crippen LogP contribution in [-0.4, -0.2) is 25.8 Å². The number of rotatable bonds is 3. The van der Waals surface area contributed by atoms with Crippen LogP contribution in [0.4, 0.5) is 16.2 Å². The number of carbonyl (C=O) groups is 1. The standard InChI is InChI=1S/C14H12N2O6S/c17-14(15-9-1-4-11(5-2-9)23(18,19)20)16-10-3-6-12-13(7-10)22-8-21-12/h1-7H,8H2,(H2,15,16,17)(H,18,19,20). The van der Waals surface area contributed by atoms with Crippen molar-refractivity contribution in [2.24, 2.45) is 0 Å². The summed E-state index contributed by atoms with van der Waals surface area (Å²) in [5.74, 6) is 1.15. The molecule has 9 heteroatoms. The quantitative estimate of drug-likeness (QED) is 0.741. The van der Waals surface area contributed by atoms with E-state index in [4.69, 9.17) is 14.0 Å². The highest BCUT2D eigenvalue weighted by molar-refractivity contribution is 7.85. The maximum absolute atomic E-state index is 11.9. The molecule has 3 N–H and O–H groups in total. The molecule has 1 aliphatic rings. The maximum atomic E-state index is 11.9. The third-order valence-electron chi connectivity index (χ3n) is 3.04. The minimum atomic E-state index is -4.26. The third kappa shape index (κ3) is 3.52. The number of carbonyl (C=O) groups excluding carboxylic acids is 1. The van der Waals surface area contributed by atoms with E-state index in [2.05, 4.69) is 10.6 Å². The minimum absolute atomic E-state index is 0.144. The highest BCUT2D eigenvalue weighted by atomic mass is 32.2. The van der Waals surface area contributed by atoms with Crippen LogP contribution >= 0.6 is 0 Å². The van der Waals surface area contributed by atoms with E-state index in [0.29, 0.717) is 22.9 Å². The van der Waals surface area contributed by atoms with Gasteiger partial charge in [0.2, 0.25) is 6.79 Å². The van der Waals surface area contributed by atoms with Gasteiger partial charge in [-0.3, -0.25) is 4.55 Å². The SMILES string of the molecule is O=C(Nc1ccc(S(=O)(=O)O)cc1)Nc1ccc2c(c1)OCO2. The van der Waals surface area contributed by atoms with Gasteiger partial charge < -0.3 is 20.1 Å². The first-order chi connectivity index (χ1) is 10.9. The molecule has 23 heavy (non-hydrogen) atoms. The second-order valence-corrected chi connectivity index (χ2v) is 6.07. The van der Waals surface area contributed by atoms with Gasteiger partial charge in [0.1, 0.15) is 0 Å². The molecule has 0 saturated carbocycles. The first-order valence-electron chi connectivity index (χ1n) is 6.47. The summed E-state index contributed by atoms with van der Waals surface area (Å²) >= 11 is 0. The van der Waals surface area contributed by atoms with Gasteiger partial charge in [-0.25, -0.2) is 4.79 Å². The summed E-state index contributed by atoms with van der Waals surface area (Å²) in [5.41, 5.74) is 0.886. The van der Waals surface area contributed by atoms with Gasteiger partial charge >= 0.3 is 6.03 Å². The van der Waals surface area contributed by atoms with Crippen LogP contribution in [0.5, 0.6) is 11.5 Å². The fourth-order valence-corrected chi connectivity index (χ4v) is 2.46. The number of benzene rings is 2. The Morgan fingerprint density at radius 3 is 2.26 bits per heavy atom. The van der Waals surface area contributed by atoms with Crippen LogP contribution in [0.25, 0.3) is 0 Å². The summed E-state index contributed by atoms with van der Waals surface area (Å²) < 4.78 is 41.1. The maximum Gasteiger partial charge on any atom is 0.323 e. The molecule has 2 amide bonds. The zero-order valence-electron chi connectivity index (χ0n) is 11.6. The van der Waals surface area contributed by atoms with E-state index in [1.807, 2.05) is 0 Å². The van der Waals surface area contributed by atoms with Crippen LogP contribution < -0.4 is 20.1 Å². The summed E-state index contributed by atoms with van der Waals surface area (Å²) in [6.07, 6.45) is 0. The predicted molar refractivity (Wildman–Crippen MR) is 81.5 cm³/mol. The van der Waals surface area contributed by atoms with Crippen LogP contribution in [0.3, 0.4) is 0 Å². The van der Waals surface area contributed by atoms with E-state index in [1.54, 1.807) is 18.2 Å². The van der Waals surface area contributed by atoms with Gasteiger partial charge in [0, 0.05) is 17.4 Å². The lowest BCUT2D eigenvalue weighted by atomic mass is 10.3.